The second kappa shape index (κ2) is 4.80. The molecule has 0 atom stereocenters. The first-order valence-corrected chi connectivity index (χ1v) is 8.05. The Labute approximate surface area is 128 Å². The van der Waals surface area contributed by atoms with Gasteiger partial charge in [-0.05, 0) is 12.8 Å². The summed E-state index contributed by atoms with van der Waals surface area (Å²) in [5, 5.41) is 20.4. The molecule has 1 saturated carbocycles. The molecular formula is C17H20O5. The normalized spacial score (nSPS) is 21.6. The minimum atomic E-state index is -0.891. The number of rotatable bonds is 2. The van der Waals surface area contributed by atoms with Gasteiger partial charge in [0.25, 0.3) is 0 Å². The lowest BCUT2D eigenvalue weighted by Gasteiger charge is -2.36. The first-order valence-electron chi connectivity index (χ1n) is 8.05. The van der Waals surface area contributed by atoms with Gasteiger partial charge in [0.15, 0.2) is 11.5 Å². The molecule has 1 fully saturated rings. The van der Waals surface area contributed by atoms with Gasteiger partial charge in [-0.2, -0.15) is 0 Å². The van der Waals surface area contributed by atoms with Crippen LogP contribution >= 0.6 is 0 Å². The van der Waals surface area contributed by atoms with Gasteiger partial charge in [0.1, 0.15) is 5.75 Å². The number of benzene rings is 1. The summed E-state index contributed by atoms with van der Waals surface area (Å²) in [6.07, 6.45) is 5.43. The van der Waals surface area contributed by atoms with Crippen LogP contribution < -0.4 is 9.47 Å². The van der Waals surface area contributed by atoms with Crippen LogP contribution in [0.25, 0.3) is 0 Å². The molecule has 2 N–H and O–H groups in total. The number of fused-ring (bicyclic) bond motifs is 2. The fourth-order valence-corrected chi connectivity index (χ4v) is 4.32. The third-order valence-electron chi connectivity index (χ3n) is 5.37. The summed E-state index contributed by atoms with van der Waals surface area (Å²) in [6, 6.07) is 0. The van der Waals surface area contributed by atoms with Crippen LogP contribution in [-0.4, -0.2) is 29.4 Å². The first-order chi connectivity index (χ1) is 10.6. The summed E-state index contributed by atoms with van der Waals surface area (Å²) in [6.45, 7) is 0.989. The van der Waals surface area contributed by atoms with Crippen LogP contribution in [0.2, 0.25) is 0 Å². The zero-order valence-electron chi connectivity index (χ0n) is 12.5. The van der Waals surface area contributed by atoms with E-state index in [1.54, 1.807) is 0 Å². The number of aliphatic carboxylic acids is 1. The molecule has 1 aliphatic carbocycles. The SMILES string of the molecule is O=C(O)C1(c2c3c(c(O)c4c2OCC4)OCC3)CCCCC1. The quantitative estimate of drug-likeness (QED) is 0.878. The molecule has 2 heterocycles. The van der Waals surface area contributed by atoms with Crippen molar-refractivity contribution in [2.45, 2.75) is 50.4 Å². The van der Waals surface area contributed by atoms with E-state index in [1.165, 1.54) is 0 Å². The van der Waals surface area contributed by atoms with E-state index in [0.29, 0.717) is 50.4 Å². The van der Waals surface area contributed by atoms with Crippen LogP contribution in [0.1, 0.15) is 48.8 Å². The molecule has 22 heavy (non-hydrogen) atoms. The van der Waals surface area contributed by atoms with Gasteiger partial charge < -0.3 is 19.7 Å². The molecule has 0 bridgehead atoms. The van der Waals surface area contributed by atoms with Gasteiger partial charge in [-0.1, -0.05) is 19.3 Å². The van der Waals surface area contributed by atoms with Gasteiger partial charge in [0.05, 0.1) is 18.6 Å². The number of phenolic OH excluding ortho intramolecular Hbond substituents is 1. The molecule has 0 unspecified atom stereocenters. The summed E-state index contributed by atoms with van der Waals surface area (Å²) in [5.74, 6) is 0.487. The molecule has 2 aliphatic heterocycles. The maximum Gasteiger partial charge on any atom is 0.314 e. The van der Waals surface area contributed by atoms with E-state index in [-0.39, 0.29) is 5.75 Å². The largest absolute Gasteiger partial charge is 0.504 e. The zero-order chi connectivity index (χ0) is 15.3. The highest BCUT2D eigenvalue weighted by Gasteiger charge is 2.48. The maximum atomic E-state index is 12.2. The minimum Gasteiger partial charge on any atom is -0.504 e. The molecular weight excluding hydrogens is 284 g/mol. The molecule has 5 heteroatoms. The molecule has 1 aromatic carbocycles. The second-order valence-corrected chi connectivity index (χ2v) is 6.48. The number of carboxylic acids is 1. The van der Waals surface area contributed by atoms with E-state index in [9.17, 15) is 15.0 Å². The molecule has 5 nitrogen and oxygen atoms in total. The fourth-order valence-electron chi connectivity index (χ4n) is 4.32. The molecule has 4 rings (SSSR count). The Kier molecular flexibility index (Phi) is 2.99. The Hall–Kier alpha value is -1.91. The Morgan fingerprint density at radius 3 is 2.27 bits per heavy atom. The number of aromatic hydroxyl groups is 1. The van der Waals surface area contributed by atoms with Crippen LogP contribution in [0.5, 0.6) is 17.2 Å². The van der Waals surface area contributed by atoms with Crippen molar-refractivity contribution in [1.82, 2.24) is 0 Å². The van der Waals surface area contributed by atoms with Gasteiger partial charge in [0, 0.05) is 29.5 Å². The summed E-state index contributed by atoms with van der Waals surface area (Å²) in [5.41, 5.74) is 1.47. The van der Waals surface area contributed by atoms with Crippen molar-refractivity contribution in [3.63, 3.8) is 0 Å². The molecule has 0 saturated heterocycles. The third-order valence-corrected chi connectivity index (χ3v) is 5.37. The van der Waals surface area contributed by atoms with Gasteiger partial charge >= 0.3 is 5.97 Å². The lowest BCUT2D eigenvalue weighted by atomic mass is 9.67. The van der Waals surface area contributed by atoms with Crippen molar-refractivity contribution in [3.05, 3.63) is 16.7 Å². The standard InChI is InChI=1S/C17H20O5/c18-13-11-5-9-21-14(11)12(10-4-8-22-15(10)13)17(16(19)20)6-2-1-3-7-17/h18H,1-9H2,(H,19,20). The van der Waals surface area contributed by atoms with Crippen LogP contribution in [-0.2, 0) is 23.1 Å². The number of hydrogen-bond acceptors (Lipinski definition) is 4. The first kappa shape index (κ1) is 13.7. The number of phenols is 1. The Bertz CT molecular complexity index is 608. The van der Waals surface area contributed by atoms with Crippen LogP contribution in [0.15, 0.2) is 0 Å². The summed E-state index contributed by atoms with van der Waals surface area (Å²) < 4.78 is 11.4. The molecule has 0 amide bonds. The third kappa shape index (κ3) is 1.68. The molecule has 0 radical (unpaired) electrons. The molecule has 0 aromatic heterocycles. The molecule has 118 valence electrons. The monoisotopic (exact) mass is 304 g/mol. The lowest BCUT2D eigenvalue weighted by Crippen LogP contribution is -2.39. The van der Waals surface area contributed by atoms with E-state index >= 15 is 0 Å². The van der Waals surface area contributed by atoms with Gasteiger partial charge in [0.2, 0.25) is 0 Å². The predicted molar refractivity (Wildman–Crippen MR) is 78.9 cm³/mol. The Balaban J connectivity index is 2.00. The van der Waals surface area contributed by atoms with Crippen molar-refractivity contribution in [2.75, 3.05) is 13.2 Å². The van der Waals surface area contributed by atoms with Crippen molar-refractivity contribution < 1.29 is 24.5 Å². The molecule has 3 aliphatic rings. The summed E-state index contributed by atoms with van der Waals surface area (Å²) in [4.78, 5) is 12.2. The molecule has 1 aromatic rings. The van der Waals surface area contributed by atoms with E-state index in [0.717, 1.165) is 36.0 Å². The smallest absolute Gasteiger partial charge is 0.314 e. The zero-order valence-corrected chi connectivity index (χ0v) is 12.5. The van der Waals surface area contributed by atoms with Gasteiger partial charge in [-0.25, -0.2) is 0 Å². The average Bonchev–Trinajstić information content (AvgIpc) is 3.17. The highest BCUT2D eigenvalue weighted by Crippen LogP contribution is 2.55. The van der Waals surface area contributed by atoms with Crippen LogP contribution in [0.4, 0.5) is 0 Å². The van der Waals surface area contributed by atoms with E-state index in [2.05, 4.69) is 0 Å². The van der Waals surface area contributed by atoms with Crippen LogP contribution in [0, 0.1) is 0 Å². The van der Waals surface area contributed by atoms with E-state index in [1.807, 2.05) is 0 Å². The van der Waals surface area contributed by atoms with Crippen molar-refractivity contribution in [2.24, 2.45) is 0 Å². The van der Waals surface area contributed by atoms with Crippen molar-refractivity contribution in [1.29, 1.82) is 0 Å². The molecule has 0 spiro atoms. The average molecular weight is 304 g/mol. The topological polar surface area (TPSA) is 76.0 Å². The fraction of sp³-hybridized carbons (Fsp3) is 0.588. The van der Waals surface area contributed by atoms with E-state index < -0.39 is 11.4 Å². The number of ether oxygens (including phenoxy) is 2. The predicted octanol–water partition coefficient (Wildman–Crippen LogP) is 2.55. The Morgan fingerprint density at radius 1 is 0.955 bits per heavy atom. The highest BCUT2D eigenvalue weighted by molar-refractivity contribution is 5.85. The maximum absolute atomic E-state index is 12.2. The van der Waals surface area contributed by atoms with Crippen LogP contribution in [0.3, 0.4) is 0 Å². The number of hydrogen-bond donors (Lipinski definition) is 2. The summed E-state index contributed by atoms with van der Waals surface area (Å²) in [7, 11) is 0. The minimum absolute atomic E-state index is 0.153. The number of carbonyl (C=O) groups is 1. The van der Waals surface area contributed by atoms with Gasteiger partial charge in [-0.3, -0.25) is 4.79 Å². The summed E-state index contributed by atoms with van der Waals surface area (Å²) >= 11 is 0. The lowest BCUT2D eigenvalue weighted by molar-refractivity contribution is -0.145. The Morgan fingerprint density at radius 2 is 1.59 bits per heavy atom. The number of carboxylic acid groups (broad SMARTS) is 1. The van der Waals surface area contributed by atoms with Crippen molar-refractivity contribution in [3.8, 4) is 17.2 Å². The van der Waals surface area contributed by atoms with E-state index in [4.69, 9.17) is 9.47 Å². The van der Waals surface area contributed by atoms with Crippen molar-refractivity contribution >= 4 is 5.97 Å². The second-order valence-electron chi connectivity index (χ2n) is 6.48. The van der Waals surface area contributed by atoms with Gasteiger partial charge in [-0.15, -0.1) is 0 Å². The highest BCUT2D eigenvalue weighted by atomic mass is 16.5.